The van der Waals surface area contributed by atoms with Crippen molar-refractivity contribution in [3.8, 4) is 0 Å². The normalized spacial score (nSPS) is 19.5. The molecule has 0 spiro atoms. The topological polar surface area (TPSA) is 55.1 Å². The Morgan fingerprint density at radius 1 is 1.15 bits per heavy atom. The lowest BCUT2D eigenvalue weighted by molar-refractivity contribution is 0.131. The molecule has 2 atom stereocenters. The number of nitrogens with zero attached hydrogens (tertiary/aromatic N) is 4. The number of hydrogen-bond donors (Lipinski definition) is 0. The van der Waals surface area contributed by atoms with E-state index in [1.807, 2.05) is 13.1 Å². The largest absolute Gasteiger partial charge is 0.423 e. The van der Waals surface area contributed by atoms with Crippen molar-refractivity contribution in [1.82, 2.24) is 19.9 Å². The average molecular weight is 364 g/mol. The summed E-state index contributed by atoms with van der Waals surface area (Å²) in [4.78, 5) is 16.0. The monoisotopic (exact) mass is 364 g/mol. The Bertz CT molecular complexity index is 928. The van der Waals surface area contributed by atoms with Gasteiger partial charge < -0.3 is 4.42 Å². The van der Waals surface area contributed by atoms with Crippen molar-refractivity contribution in [3.05, 3.63) is 52.8 Å². The Kier molecular flexibility index (Phi) is 4.96. The maximum absolute atomic E-state index is 5.51. The molecule has 5 nitrogen and oxygen atoms in total. The summed E-state index contributed by atoms with van der Waals surface area (Å²) in [6.45, 7) is 10.6. The van der Waals surface area contributed by atoms with Gasteiger partial charge in [0.25, 0.3) is 0 Å². The Morgan fingerprint density at radius 3 is 2.70 bits per heavy atom. The van der Waals surface area contributed by atoms with E-state index in [0.717, 1.165) is 36.4 Å². The molecule has 1 saturated heterocycles. The molecule has 0 amide bonds. The Hall–Kier alpha value is -2.27. The highest BCUT2D eigenvalue weighted by molar-refractivity contribution is 5.68. The first-order valence-corrected chi connectivity index (χ1v) is 9.89. The van der Waals surface area contributed by atoms with Crippen LogP contribution in [0.3, 0.4) is 0 Å². The van der Waals surface area contributed by atoms with Crippen LogP contribution in [0.1, 0.15) is 54.2 Å². The van der Waals surface area contributed by atoms with Crippen LogP contribution >= 0.6 is 0 Å². The molecule has 0 saturated carbocycles. The second-order valence-corrected chi connectivity index (χ2v) is 7.97. The zero-order chi connectivity index (χ0) is 19.0. The molecule has 0 aromatic carbocycles. The van der Waals surface area contributed by atoms with E-state index >= 15 is 0 Å². The Balaban J connectivity index is 1.47. The SMILES string of the molecule is Cc1cc(CC2CCCN(C(C)c3cnc4oc(C)nc4c3)C2)cc(C)n1. The number of fused-ring (bicyclic) bond motifs is 1. The molecule has 142 valence electrons. The van der Waals surface area contributed by atoms with Gasteiger partial charge in [0.05, 0.1) is 0 Å². The van der Waals surface area contributed by atoms with Crippen molar-refractivity contribution in [2.45, 2.75) is 53.0 Å². The van der Waals surface area contributed by atoms with Crippen molar-refractivity contribution in [2.24, 2.45) is 5.92 Å². The van der Waals surface area contributed by atoms with Gasteiger partial charge in [0.1, 0.15) is 5.52 Å². The van der Waals surface area contributed by atoms with Crippen LogP contribution in [0, 0.1) is 26.7 Å². The van der Waals surface area contributed by atoms with Crippen LogP contribution in [0.5, 0.6) is 0 Å². The molecular formula is C22H28N4O. The van der Waals surface area contributed by atoms with Gasteiger partial charge in [0.2, 0.25) is 5.71 Å². The van der Waals surface area contributed by atoms with E-state index < -0.39 is 0 Å². The summed E-state index contributed by atoms with van der Waals surface area (Å²) in [7, 11) is 0. The summed E-state index contributed by atoms with van der Waals surface area (Å²) in [5.74, 6) is 1.36. The van der Waals surface area contributed by atoms with E-state index in [9.17, 15) is 0 Å². The van der Waals surface area contributed by atoms with Gasteiger partial charge in [-0.05, 0) is 81.8 Å². The molecule has 1 aliphatic heterocycles. The predicted molar refractivity (Wildman–Crippen MR) is 107 cm³/mol. The number of aromatic nitrogens is 3. The highest BCUT2D eigenvalue weighted by Crippen LogP contribution is 2.29. The van der Waals surface area contributed by atoms with Crippen LogP contribution in [0.4, 0.5) is 0 Å². The van der Waals surface area contributed by atoms with Crippen LogP contribution < -0.4 is 0 Å². The first kappa shape index (κ1) is 18.1. The number of rotatable bonds is 4. The van der Waals surface area contributed by atoms with Crippen LogP contribution in [0.2, 0.25) is 0 Å². The molecule has 5 heteroatoms. The van der Waals surface area contributed by atoms with Gasteiger partial charge in [-0.1, -0.05) is 0 Å². The fourth-order valence-electron chi connectivity index (χ4n) is 4.37. The average Bonchev–Trinajstić information content (AvgIpc) is 2.99. The number of oxazole rings is 1. The van der Waals surface area contributed by atoms with Crippen molar-refractivity contribution in [1.29, 1.82) is 0 Å². The molecule has 3 aromatic heterocycles. The van der Waals surface area contributed by atoms with Crippen molar-refractivity contribution >= 4 is 11.2 Å². The fourth-order valence-corrected chi connectivity index (χ4v) is 4.37. The van der Waals surface area contributed by atoms with Crippen LogP contribution in [-0.2, 0) is 6.42 Å². The maximum Gasteiger partial charge on any atom is 0.246 e. The minimum Gasteiger partial charge on any atom is -0.423 e. The molecule has 4 rings (SSSR count). The summed E-state index contributed by atoms with van der Waals surface area (Å²) in [5, 5.41) is 0. The van der Waals surface area contributed by atoms with E-state index in [-0.39, 0.29) is 0 Å². The molecule has 0 N–H and O–H groups in total. The molecule has 4 heterocycles. The molecule has 0 radical (unpaired) electrons. The van der Waals surface area contributed by atoms with Gasteiger partial charge in [-0.15, -0.1) is 0 Å². The lowest BCUT2D eigenvalue weighted by Crippen LogP contribution is -2.38. The second-order valence-electron chi connectivity index (χ2n) is 7.97. The number of likely N-dealkylation sites (tertiary alicyclic amines) is 1. The zero-order valence-corrected chi connectivity index (χ0v) is 16.7. The molecule has 0 aliphatic carbocycles. The van der Waals surface area contributed by atoms with Crippen molar-refractivity contribution in [2.75, 3.05) is 13.1 Å². The van der Waals surface area contributed by atoms with E-state index in [4.69, 9.17) is 4.42 Å². The highest BCUT2D eigenvalue weighted by Gasteiger charge is 2.25. The van der Waals surface area contributed by atoms with Gasteiger partial charge in [-0.25, -0.2) is 9.97 Å². The summed E-state index contributed by atoms with van der Waals surface area (Å²) >= 11 is 0. The summed E-state index contributed by atoms with van der Waals surface area (Å²) in [6, 6.07) is 6.94. The molecule has 3 aromatic rings. The van der Waals surface area contributed by atoms with E-state index in [1.165, 1.54) is 24.0 Å². The second kappa shape index (κ2) is 7.39. The van der Waals surface area contributed by atoms with Gasteiger partial charge in [-0.3, -0.25) is 9.88 Å². The molecule has 1 aliphatic rings. The smallest absolute Gasteiger partial charge is 0.246 e. The zero-order valence-electron chi connectivity index (χ0n) is 16.7. The number of pyridine rings is 2. The van der Waals surface area contributed by atoms with Crippen LogP contribution in [0.25, 0.3) is 11.2 Å². The van der Waals surface area contributed by atoms with E-state index in [0.29, 0.717) is 23.6 Å². The quantitative estimate of drug-likeness (QED) is 0.679. The van der Waals surface area contributed by atoms with Crippen molar-refractivity contribution < 1.29 is 4.42 Å². The standard InChI is InChI=1S/C22H28N4O/c1-14-8-19(9-15(2)24-14)10-18-6-5-7-26(13-18)16(3)20-11-21-22(23-12-20)27-17(4)25-21/h8-9,11-12,16,18H,5-7,10,13H2,1-4H3. The predicted octanol–water partition coefficient (Wildman–Crippen LogP) is 4.56. The Labute approximate surface area is 160 Å². The van der Waals surface area contributed by atoms with E-state index in [1.54, 1.807) is 0 Å². The third-order valence-electron chi connectivity index (χ3n) is 5.62. The first-order valence-electron chi connectivity index (χ1n) is 9.89. The van der Waals surface area contributed by atoms with Gasteiger partial charge in [0.15, 0.2) is 5.89 Å². The van der Waals surface area contributed by atoms with E-state index in [2.05, 4.69) is 58.8 Å². The lowest BCUT2D eigenvalue weighted by atomic mass is 9.90. The summed E-state index contributed by atoms with van der Waals surface area (Å²) < 4.78 is 5.51. The summed E-state index contributed by atoms with van der Waals surface area (Å²) in [5.41, 5.74) is 6.35. The maximum atomic E-state index is 5.51. The third-order valence-corrected chi connectivity index (χ3v) is 5.62. The molecular weight excluding hydrogens is 336 g/mol. The van der Waals surface area contributed by atoms with Gasteiger partial charge >= 0.3 is 0 Å². The molecule has 0 bridgehead atoms. The molecule has 2 unspecified atom stereocenters. The number of aryl methyl sites for hydroxylation is 3. The third kappa shape index (κ3) is 4.03. The first-order chi connectivity index (χ1) is 13.0. The van der Waals surface area contributed by atoms with Crippen molar-refractivity contribution in [3.63, 3.8) is 0 Å². The number of hydrogen-bond acceptors (Lipinski definition) is 5. The lowest BCUT2D eigenvalue weighted by Gasteiger charge is -2.37. The molecule has 1 fully saturated rings. The molecule has 27 heavy (non-hydrogen) atoms. The highest BCUT2D eigenvalue weighted by atomic mass is 16.4. The van der Waals surface area contributed by atoms with Crippen LogP contribution in [-0.4, -0.2) is 32.9 Å². The van der Waals surface area contributed by atoms with Gasteiger partial charge in [0, 0.05) is 37.1 Å². The minimum atomic E-state index is 0.336. The fraction of sp³-hybridized carbons (Fsp3) is 0.500. The number of piperidine rings is 1. The van der Waals surface area contributed by atoms with Crippen LogP contribution in [0.15, 0.2) is 28.8 Å². The summed E-state index contributed by atoms with van der Waals surface area (Å²) in [6.07, 6.45) is 5.62. The minimum absolute atomic E-state index is 0.336. The van der Waals surface area contributed by atoms with Gasteiger partial charge in [-0.2, -0.15) is 0 Å². The Morgan fingerprint density at radius 2 is 1.93 bits per heavy atom.